The number of esters is 1. The van der Waals surface area contributed by atoms with Gasteiger partial charge in [0.25, 0.3) is 0 Å². The Morgan fingerprint density at radius 2 is 2.03 bits per heavy atom. The van der Waals surface area contributed by atoms with Crippen LogP contribution in [0.15, 0.2) is 54.9 Å². The second kappa shape index (κ2) is 10.5. The van der Waals surface area contributed by atoms with E-state index in [-0.39, 0.29) is 5.97 Å². The molecular weight excluding hydrogens is 426 g/mol. The highest BCUT2D eigenvalue weighted by atomic mass is 35.5. The molecule has 1 saturated heterocycles. The van der Waals surface area contributed by atoms with E-state index in [1.165, 1.54) is 12.7 Å². The average Bonchev–Trinajstić information content (AvgIpc) is 2.81. The molecule has 1 fully saturated rings. The topological polar surface area (TPSA) is 80.2 Å². The summed E-state index contributed by atoms with van der Waals surface area (Å²) < 4.78 is 4.77. The van der Waals surface area contributed by atoms with Crippen molar-refractivity contribution in [3.63, 3.8) is 0 Å². The standard InChI is InChI=1S/C24H26ClN5O2/c1-32-23(31)16-30-11-8-17(9-12-30)13-18-3-2-4-20(14-18)28-24-26-10-7-21(29-24)19-5-6-22(25)27-15-19/h2-7,10,14-15,17H,8-9,11-13,16H2,1H3,(H,26,28,29). The van der Waals surface area contributed by atoms with Crippen molar-refractivity contribution in [3.8, 4) is 11.3 Å². The molecule has 0 radical (unpaired) electrons. The molecule has 1 aromatic carbocycles. The maximum Gasteiger partial charge on any atom is 0.319 e. The number of pyridine rings is 1. The Bertz CT molecular complexity index is 1050. The maximum absolute atomic E-state index is 11.5. The third-order valence-electron chi connectivity index (χ3n) is 5.67. The lowest BCUT2D eigenvalue weighted by atomic mass is 9.90. The summed E-state index contributed by atoms with van der Waals surface area (Å²) in [6.07, 6.45) is 6.60. The molecule has 32 heavy (non-hydrogen) atoms. The van der Waals surface area contributed by atoms with Crippen molar-refractivity contribution in [2.24, 2.45) is 5.92 Å². The Balaban J connectivity index is 1.36. The number of nitrogens with one attached hydrogen (secondary N) is 1. The first-order valence-electron chi connectivity index (χ1n) is 10.7. The van der Waals surface area contributed by atoms with Crippen LogP contribution in [0, 0.1) is 5.92 Å². The Labute approximate surface area is 192 Å². The zero-order valence-electron chi connectivity index (χ0n) is 18.0. The van der Waals surface area contributed by atoms with Crippen LogP contribution in [0.2, 0.25) is 5.15 Å². The molecule has 7 nitrogen and oxygen atoms in total. The molecule has 1 aliphatic rings. The first kappa shape index (κ1) is 22.2. The minimum atomic E-state index is -0.166. The number of rotatable bonds is 7. The van der Waals surface area contributed by atoms with Gasteiger partial charge in [-0.15, -0.1) is 0 Å². The van der Waals surface area contributed by atoms with Gasteiger partial charge in [0.2, 0.25) is 5.95 Å². The highest BCUT2D eigenvalue weighted by Crippen LogP contribution is 2.24. The molecule has 0 unspecified atom stereocenters. The number of anilines is 2. The number of aromatic nitrogens is 3. The molecule has 0 aliphatic carbocycles. The van der Waals surface area contributed by atoms with E-state index in [0.717, 1.165) is 49.3 Å². The largest absolute Gasteiger partial charge is 0.468 e. The highest BCUT2D eigenvalue weighted by molar-refractivity contribution is 6.29. The quantitative estimate of drug-likeness (QED) is 0.422. The number of likely N-dealkylation sites (tertiary alicyclic amines) is 1. The molecule has 1 N–H and O–H groups in total. The molecule has 1 aliphatic heterocycles. The number of ether oxygens (including phenoxy) is 1. The molecule has 8 heteroatoms. The van der Waals surface area contributed by atoms with Gasteiger partial charge in [-0.05, 0) is 74.2 Å². The van der Waals surface area contributed by atoms with Crippen molar-refractivity contribution in [1.82, 2.24) is 19.9 Å². The molecule has 0 spiro atoms. The SMILES string of the molecule is COC(=O)CN1CCC(Cc2cccc(Nc3nccc(-c4ccc(Cl)nc4)n3)c2)CC1. The van der Waals surface area contributed by atoms with Crippen molar-refractivity contribution < 1.29 is 9.53 Å². The van der Waals surface area contributed by atoms with Gasteiger partial charge in [-0.2, -0.15) is 0 Å². The van der Waals surface area contributed by atoms with Crippen LogP contribution in [-0.4, -0.2) is 52.6 Å². The zero-order chi connectivity index (χ0) is 22.3. The lowest BCUT2D eigenvalue weighted by Gasteiger charge is -2.31. The minimum absolute atomic E-state index is 0.166. The van der Waals surface area contributed by atoms with Gasteiger partial charge in [-0.25, -0.2) is 15.0 Å². The number of piperidine rings is 1. The number of carbonyl (C=O) groups excluding carboxylic acids is 1. The molecule has 0 atom stereocenters. The Morgan fingerprint density at radius 3 is 2.78 bits per heavy atom. The summed E-state index contributed by atoms with van der Waals surface area (Å²) in [5.74, 6) is 0.975. The van der Waals surface area contributed by atoms with E-state index >= 15 is 0 Å². The van der Waals surface area contributed by atoms with Crippen LogP contribution in [-0.2, 0) is 16.0 Å². The summed E-state index contributed by atoms with van der Waals surface area (Å²) in [7, 11) is 1.44. The lowest BCUT2D eigenvalue weighted by Crippen LogP contribution is -2.38. The highest BCUT2D eigenvalue weighted by Gasteiger charge is 2.21. The van der Waals surface area contributed by atoms with Crippen LogP contribution in [0.1, 0.15) is 18.4 Å². The normalized spacial score (nSPS) is 14.8. The molecule has 3 aromatic rings. The molecule has 0 amide bonds. The first-order valence-corrected chi connectivity index (χ1v) is 11.1. The fraction of sp³-hybridized carbons (Fsp3) is 0.333. The number of halogens is 1. The average molecular weight is 452 g/mol. The third-order valence-corrected chi connectivity index (χ3v) is 5.90. The number of nitrogens with zero attached hydrogens (tertiary/aromatic N) is 4. The van der Waals surface area contributed by atoms with Gasteiger partial charge in [-0.1, -0.05) is 23.7 Å². The number of methoxy groups -OCH3 is 1. The van der Waals surface area contributed by atoms with Crippen LogP contribution < -0.4 is 5.32 Å². The summed E-state index contributed by atoms with van der Waals surface area (Å²) >= 11 is 5.88. The Hall–Kier alpha value is -3.03. The van der Waals surface area contributed by atoms with Gasteiger partial charge in [0, 0.05) is 23.6 Å². The van der Waals surface area contributed by atoms with E-state index in [1.54, 1.807) is 18.5 Å². The number of hydrogen-bond acceptors (Lipinski definition) is 7. The summed E-state index contributed by atoms with van der Waals surface area (Å²) in [6, 6.07) is 13.9. The van der Waals surface area contributed by atoms with Crippen molar-refractivity contribution in [1.29, 1.82) is 0 Å². The zero-order valence-corrected chi connectivity index (χ0v) is 18.8. The summed E-state index contributed by atoms with van der Waals surface area (Å²) in [5.41, 5.74) is 3.89. The van der Waals surface area contributed by atoms with E-state index in [1.807, 2.05) is 18.2 Å². The van der Waals surface area contributed by atoms with E-state index in [0.29, 0.717) is 23.6 Å². The van der Waals surface area contributed by atoms with Crippen LogP contribution >= 0.6 is 11.6 Å². The smallest absolute Gasteiger partial charge is 0.319 e. The van der Waals surface area contributed by atoms with Gasteiger partial charge in [0.05, 0.1) is 19.3 Å². The van der Waals surface area contributed by atoms with Gasteiger partial charge in [0.1, 0.15) is 5.15 Å². The summed E-state index contributed by atoms with van der Waals surface area (Å²) in [6.45, 7) is 2.24. The van der Waals surface area contributed by atoms with Crippen LogP contribution in [0.5, 0.6) is 0 Å². The molecule has 3 heterocycles. The van der Waals surface area contributed by atoms with E-state index in [2.05, 4.69) is 43.4 Å². The first-order chi connectivity index (χ1) is 15.6. The number of carbonyl (C=O) groups is 1. The maximum atomic E-state index is 11.5. The van der Waals surface area contributed by atoms with Crippen LogP contribution in [0.3, 0.4) is 0 Å². The van der Waals surface area contributed by atoms with E-state index < -0.39 is 0 Å². The molecule has 2 aromatic heterocycles. The third kappa shape index (κ3) is 6.02. The number of benzene rings is 1. The molecule has 0 saturated carbocycles. The van der Waals surface area contributed by atoms with Crippen LogP contribution in [0.4, 0.5) is 11.6 Å². The Kier molecular flexibility index (Phi) is 7.29. The fourth-order valence-corrected chi connectivity index (χ4v) is 4.05. The molecule has 4 rings (SSSR count). The van der Waals surface area contributed by atoms with Gasteiger partial charge in [0.15, 0.2) is 0 Å². The van der Waals surface area contributed by atoms with Crippen molar-refractivity contribution in [3.05, 3.63) is 65.6 Å². The van der Waals surface area contributed by atoms with E-state index in [9.17, 15) is 4.79 Å². The van der Waals surface area contributed by atoms with Gasteiger partial charge >= 0.3 is 5.97 Å². The van der Waals surface area contributed by atoms with Crippen molar-refractivity contribution in [2.45, 2.75) is 19.3 Å². The fourth-order valence-electron chi connectivity index (χ4n) is 3.94. The molecule has 166 valence electrons. The number of hydrogen-bond donors (Lipinski definition) is 1. The molecule has 0 bridgehead atoms. The van der Waals surface area contributed by atoms with Crippen molar-refractivity contribution in [2.75, 3.05) is 32.1 Å². The molecular formula is C24H26ClN5O2. The summed E-state index contributed by atoms with van der Waals surface area (Å²) in [4.78, 5) is 26.7. The summed E-state index contributed by atoms with van der Waals surface area (Å²) in [5, 5.41) is 3.76. The minimum Gasteiger partial charge on any atom is -0.468 e. The predicted octanol–water partition coefficient (Wildman–Crippen LogP) is 4.36. The predicted molar refractivity (Wildman–Crippen MR) is 125 cm³/mol. The van der Waals surface area contributed by atoms with E-state index in [4.69, 9.17) is 16.3 Å². The monoisotopic (exact) mass is 451 g/mol. The lowest BCUT2D eigenvalue weighted by molar-refractivity contribution is -0.142. The van der Waals surface area contributed by atoms with Gasteiger partial charge in [-0.3, -0.25) is 9.69 Å². The Morgan fingerprint density at radius 1 is 1.19 bits per heavy atom. The van der Waals surface area contributed by atoms with Crippen LogP contribution in [0.25, 0.3) is 11.3 Å². The second-order valence-electron chi connectivity index (χ2n) is 7.96. The van der Waals surface area contributed by atoms with Gasteiger partial charge < -0.3 is 10.1 Å². The van der Waals surface area contributed by atoms with Crippen molar-refractivity contribution >= 4 is 29.2 Å². The second-order valence-corrected chi connectivity index (χ2v) is 8.35.